The molecule has 1 heterocycles. The zero-order chi connectivity index (χ0) is 15.7. The minimum atomic E-state index is -0.312. The van der Waals surface area contributed by atoms with Gasteiger partial charge in [0.2, 0.25) is 0 Å². The lowest BCUT2D eigenvalue weighted by Gasteiger charge is -2.36. The van der Waals surface area contributed by atoms with E-state index in [9.17, 15) is 8.78 Å². The molecular weight excluding hydrogens is 304 g/mol. The van der Waals surface area contributed by atoms with Crippen LogP contribution in [0.2, 0.25) is 5.02 Å². The van der Waals surface area contributed by atoms with Gasteiger partial charge in [-0.1, -0.05) is 23.7 Å². The Morgan fingerprint density at radius 2 is 1.86 bits per heavy atom. The van der Waals surface area contributed by atoms with Gasteiger partial charge in [0.1, 0.15) is 11.6 Å². The molecule has 1 nitrogen and oxygen atoms in total. The Kier molecular flexibility index (Phi) is 4.34. The molecule has 4 heteroatoms. The molecule has 1 aliphatic heterocycles. The summed E-state index contributed by atoms with van der Waals surface area (Å²) in [6.07, 6.45) is 3.70. The smallest absolute Gasteiger partial charge is 0.125 e. The molecule has 0 aliphatic carbocycles. The Morgan fingerprint density at radius 3 is 2.64 bits per heavy atom. The summed E-state index contributed by atoms with van der Waals surface area (Å²) in [5.41, 5.74) is 3.13. The van der Waals surface area contributed by atoms with Gasteiger partial charge < -0.3 is 4.90 Å². The van der Waals surface area contributed by atoms with Gasteiger partial charge in [-0.25, -0.2) is 8.78 Å². The van der Waals surface area contributed by atoms with Crippen LogP contribution in [0.25, 0.3) is 0 Å². The third-order valence-corrected chi connectivity index (χ3v) is 4.84. The van der Waals surface area contributed by atoms with Gasteiger partial charge in [0.25, 0.3) is 0 Å². The Bertz CT molecular complexity index is 687. The number of hydrogen-bond acceptors (Lipinski definition) is 1. The molecule has 0 amide bonds. The topological polar surface area (TPSA) is 3.24 Å². The first-order chi connectivity index (χ1) is 10.5. The van der Waals surface area contributed by atoms with E-state index < -0.39 is 0 Å². The van der Waals surface area contributed by atoms with Crippen LogP contribution >= 0.6 is 11.6 Å². The molecule has 3 rings (SSSR count). The molecule has 0 saturated heterocycles. The van der Waals surface area contributed by atoms with Crippen LogP contribution in [-0.4, -0.2) is 13.1 Å². The second-order valence-electron chi connectivity index (χ2n) is 5.85. The molecule has 0 fully saturated rings. The normalized spacial score (nSPS) is 17.5. The standard InChI is InChI=1S/C18H18ClF2N/c1-22-16(8-4-12-2-6-14(20)10-17(12)19)9-5-13-3-7-15(21)11-18(13)22/h2-3,6-7,10-11,16H,4-5,8-9H2,1H3. The fourth-order valence-corrected chi connectivity index (χ4v) is 3.44. The van der Waals surface area contributed by atoms with E-state index >= 15 is 0 Å². The van der Waals surface area contributed by atoms with Gasteiger partial charge in [-0.2, -0.15) is 0 Å². The van der Waals surface area contributed by atoms with Crippen molar-refractivity contribution in [1.29, 1.82) is 0 Å². The van der Waals surface area contributed by atoms with Crippen LogP contribution < -0.4 is 4.90 Å². The average Bonchev–Trinajstić information content (AvgIpc) is 2.49. The Labute approximate surface area is 134 Å². The molecule has 116 valence electrons. The van der Waals surface area contributed by atoms with Crippen LogP contribution in [0.4, 0.5) is 14.5 Å². The van der Waals surface area contributed by atoms with E-state index in [4.69, 9.17) is 11.6 Å². The zero-order valence-electron chi connectivity index (χ0n) is 12.5. The zero-order valence-corrected chi connectivity index (χ0v) is 13.2. The van der Waals surface area contributed by atoms with Gasteiger partial charge in [-0.05, 0) is 61.1 Å². The highest BCUT2D eigenvalue weighted by Crippen LogP contribution is 2.32. The molecule has 1 aliphatic rings. The Balaban J connectivity index is 1.71. The molecule has 1 atom stereocenters. The van der Waals surface area contributed by atoms with Gasteiger partial charge in [-0.15, -0.1) is 0 Å². The summed E-state index contributed by atoms with van der Waals surface area (Å²) < 4.78 is 26.5. The highest BCUT2D eigenvalue weighted by atomic mass is 35.5. The van der Waals surface area contributed by atoms with Crippen molar-refractivity contribution in [2.24, 2.45) is 0 Å². The van der Waals surface area contributed by atoms with E-state index in [1.807, 2.05) is 13.1 Å². The van der Waals surface area contributed by atoms with Crippen LogP contribution in [0, 0.1) is 11.6 Å². The first kappa shape index (κ1) is 15.3. The molecular formula is C18H18ClF2N. The summed E-state index contributed by atoms with van der Waals surface area (Å²) in [5, 5.41) is 0.477. The summed E-state index contributed by atoms with van der Waals surface area (Å²) in [4.78, 5) is 2.15. The molecule has 0 spiro atoms. The molecule has 0 N–H and O–H groups in total. The predicted molar refractivity (Wildman–Crippen MR) is 86.6 cm³/mol. The molecule has 22 heavy (non-hydrogen) atoms. The van der Waals surface area contributed by atoms with E-state index in [1.165, 1.54) is 23.8 Å². The van der Waals surface area contributed by atoms with Crippen molar-refractivity contribution in [2.45, 2.75) is 31.7 Å². The highest BCUT2D eigenvalue weighted by molar-refractivity contribution is 6.31. The van der Waals surface area contributed by atoms with Crippen LogP contribution in [0.15, 0.2) is 36.4 Å². The van der Waals surface area contributed by atoms with Crippen molar-refractivity contribution in [3.8, 4) is 0 Å². The summed E-state index contributed by atoms with van der Waals surface area (Å²) >= 11 is 6.08. The van der Waals surface area contributed by atoms with Crippen LogP contribution in [0.1, 0.15) is 24.0 Å². The first-order valence-corrected chi connectivity index (χ1v) is 7.87. The molecule has 0 radical (unpaired) electrons. The maximum atomic E-state index is 13.5. The van der Waals surface area contributed by atoms with E-state index in [2.05, 4.69) is 4.90 Å². The van der Waals surface area contributed by atoms with Crippen molar-refractivity contribution in [1.82, 2.24) is 0 Å². The van der Waals surface area contributed by atoms with Gasteiger partial charge in [-0.3, -0.25) is 0 Å². The minimum absolute atomic E-state index is 0.201. The molecule has 0 bridgehead atoms. The average molecular weight is 322 g/mol. The van der Waals surface area contributed by atoms with Crippen molar-refractivity contribution in [3.63, 3.8) is 0 Å². The largest absolute Gasteiger partial charge is 0.371 e. The van der Waals surface area contributed by atoms with E-state index in [0.29, 0.717) is 11.1 Å². The number of fused-ring (bicyclic) bond motifs is 1. The lowest BCUT2D eigenvalue weighted by molar-refractivity contribution is 0.518. The number of anilines is 1. The molecule has 2 aromatic rings. The fraction of sp³-hybridized carbons (Fsp3) is 0.333. The number of hydrogen-bond donors (Lipinski definition) is 0. The molecule has 0 aromatic heterocycles. The van der Waals surface area contributed by atoms with E-state index in [-0.39, 0.29) is 11.6 Å². The van der Waals surface area contributed by atoms with Crippen molar-refractivity contribution in [2.75, 3.05) is 11.9 Å². The van der Waals surface area contributed by atoms with Gasteiger partial charge >= 0.3 is 0 Å². The maximum Gasteiger partial charge on any atom is 0.125 e. The van der Waals surface area contributed by atoms with Gasteiger partial charge in [0.05, 0.1) is 0 Å². The fourth-order valence-electron chi connectivity index (χ4n) is 3.17. The Hall–Kier alpha value is -1.61. The third kappa shape index (κ3) is 3.09. The number of aryl methyl sites for hydroxylation is 2. The molecule has 2 aromatic carbocycles. The number of rotatable bonds is 3. The lowest BCUT2D eigenvalue weighted by atomic mass is 9.92. The third-order valence-electron chi connectivity index (χ3n) is 4.48. The predicted octanol–water partition coefficient (Wildman–Crippen LogP) is 5.00. The van der Waals surface area contributed by atoms with Crippen LogP contribution in [0.3, 0.4) is 0 Å². The van der Waals surface area contributed by atoms with E-state index in [0.717, 1.165) is 36.9 Å². The van der Waals surface area contributed by atoms with Gasteiger partial charge in [0.15, 0.2) is 0 Å². The van der Waals surface area contributed by atoms with Gasteiger partial charge in [0, 0.05) is 23.8 Å². The summed E-state index contributed by atoms with van der Waals surface area (Å²) in [6, 6.07) is 9.87. The SMILES string of the molecule is CN1c2cc(F)ccc2CCC1CCc1ccc(F)cc1Cl. The number of halogens is 3. The monoisotopic (exact) mass is 321 g/mol. The first-order valence-electron chi connectivity index (χ1n) is 7.50. The van der Waals surface area contributed by atoms with Crippen molar-refractivity contribution >= 4 is 17.3 Å². The summed E-state index contributed by atoms with van der Waals surface area (Å²) in [6.45, 7) is 0. The van der Waals surface area contributed by atoms with Crippen molar-refractivity contribution in [3.05, 3.63) is 64.2 Å². The van der Waals surface area contributed by atoms with Crippen LogP contribution in [-0.2, 0) is 12.8 Å². The second kappa shape index (κ2) is 6.25. The minimum Gasteiger partial charge on any atom is -0.371 e. The van der Waals surface area contributed by atoms with Crippen LogP contribution in [0.5, 0.6) is 0 Å². The van der Waals surface area contributed by atoms with Crippen molar-refractivity contribution < 1.29 is 8.78 Å². The number of nitrogens with zero attached hydrogens (tertiary/aromatic N) is 1. The quantitative estimate of drug-likeness (QED) is 0.768. The summed E-state index contributed by atoms with van der Waals surface area (Å²) in [5.74, 6) is -0.513. The maximum absolute atomic E-state index is 13.5. The lowest BCUT2D eigenvalue weighted by Crippen LogP contribution is -2.36. The highest BCUT2D eigenvalue weighted by Gasteiger charge is 2.23. The number of benzene rings is 2. The second-order valence-corrected chi connectivity index (χ2v) is 6.26. The summed E-state index contributed by atoms with van der Waals surface area (Å²) in [7, 11) is 2.01. The molecule has 0 saturated carbocycles. The molecule has 1 unspecified atom stereocenters. The Morgan fingerprint density at radius 1 is 1.14 bits per heavy atom. The van der Waals surface area contributed by atoms with E-state index in [1.54, 1.807) is 12.1 Å².